The Morgan fingerprint density at radius 1 is 1.27 bits per heavy atom. The van der Waals surface area contributed by atoms with Crippen molar-refractivity contribution >= 4 is 0 Å². The first-order valence-corrected chi connectivity index (χ1v) is 5.09. The van der Waals surface area contributed by atoms with Gasteiger partial charge in [0.15, 0.2) is 0 Å². The zero-order chi connectivity index (χ0) is 10.7. The Hall–Kier alpha value is -1.54. The topological polar surface area (TPSA) is 46.2 Å². The summed E-state index contributed by atoms with van der Waals surface area (Å²) >= 11 is 0. The van der Waals surface area contributed by atoms with Gasteiger partial charge in [0.2, 0.25) is 0 Å². The number of allylic oxidation sites excluding steroid dienone is 1. The second-order valence-corrected chi connectivity index (χ2v) is 4.06. The summed E-state index contributed by atoms with van der Waals surface area (Å²) in [5.74, 6) is 0.309. The minimum absolute atomic E-state index is 0.309. The normalized spacial score (nSPS) is 25.0. The van der Waals surface area contributed by atoms with Gasteiger partial charge in [0.1, 0.15) is 5.76 Å². The van der Waals surface area contributed by atoms with E-state index >= 15 is 0 Å². The lowest BCUT2D eigenvalue weighted by Crippen LogP contribution is -2.40. The van der Waals surface area contributed by atoms with Crippen molar-refractivity contribution < 1.29 is 5.11 Å². The Morgan fingerprint density at radius 3 is 2.60 bits per heavy atom. The highest BCUT2D eigenvalue weighted by atomic mass is 16.3. The van der Waals surface area contributed by atoms with Crippen LogP contribution in [0.4, 0.5) is 0 Å². The first kappa shape index (κ1) is 9.99. The van der Waals surface area contributed by atoms with Gasteiger partial charge in [0, 0.05) is 5.54 Å². The van der Waals surface area contributed by atoms with Crippen molar-refractivity contribution in [2.24, 2.45) is 5.73 Å². The predicted octanol–water partition coefficient (Wildman–Crippen LogP) is 2.33. The highest BCUT2D eigenvalue weighted by Gasteiger charge is 2.23. The molecule has 3 N–H and O–H groups in total. The van der Waals surface area contributed by atoms with Crippen molar-refractivity contribution in [3.63, 3.8) is 0 Å². The maximum absolute atomic E-state index is 9.23. The number of aliphatic hydroxyl groups excluding tert-OH is 1. The van der Waals surface area contributed by atoms with Crippen LogP contribution < -0.4 is 5.73 Å². The fourth-order valence-corrected chi connectivity index (χ4v) is 1.79. The number of hydrogen-bond acceptors (Lipinski definition) is 2. The molecule has 2 nitrogen and oxygen atoms in total. The van der Waals surface area contributed by atoms with Crippen LogP contribution in [0.1, 0.15) is 12.0 Å². The van der Waals surface area contributed by atoms with E-state index in [4.69, 9.17) is 5.73 Å². The van der Waals surface area contributed by atoms with Gasteiger partial charge < -0.3 is 10.8 Å². The van der Waals surface area contributed by atoms with E-state index in [2.05, 4.69) is 12.1 Å². The summed E-state index contributed by atoms with van der Waals surface area (Å²) in [5, 5.41) is 9.23. The van der Waals surface area contributed by atoms with Crippen molar-refractivity contribution in [2.45, 2.75) is 18.4 Å². The molecule has 2 heteroatoms. The lowest BCUT2D eigenvalue weighted by Gasteiger charge is -2.27. The molecule has 1 unspecified atom stereocenters. The SMILES string of the molecule is NC1(Cc2ccccc2)C=CC(O)=CC1. The van der Waals surface area contributed by atoms with E-state index in [1.54, 1.807) is 12.2 Å². The summed E-state index contributed by atoms with van der Waals surface area (Å²) in [4.78, 5) is 0. The lowest BCUT2D eigenvalue weighted by molar-refractivity contribution is 0.411. The molecular weight excluding hydrogens is 186 g/mol. The molecule has 0 amide bonds. The average Bonchev–Trinajstić information content (AvgIpc) is 2.24. The van der Waals surface area contributed by atoms with Crippen molar-refractivity contribution in [3.05, 3.63) is 59.9 Å². The summed E-state index contributed by atoms with van der Waals surface area (Å²) in [7, 11) is 0. The fraction of sp³-hybridized carbons (Fsp3) is 0.231. The zero-order valence-corrected chi connectivity index (χ0v) is 8.56. The van der Waals surface area contributed by atoms with E-state index in [9.17, 15) is 5.11 Å². The number of aliphatic hydroxyl groups is 1. The molecule has 1 aromatic rings. The van der Waals surface area contributed by atoms with E-state index in [0.29, 0.717) is 12.2 Å². The molecule has 78 valence electrons. The highest BCUT2D eigenvalue weighted by molar-refractivity contribution is 5.28. The number of nitrogens with two attached hydrogens (primary N) is 1. The Bertz CT molecular complexity index is 394. The number of hydrogen-bond donors (Lipinski definition) is 2. The molecule has 0 saturated carbocycles. The standard InChI is InChI=1S/C13H15NO/c14-13(8-6-12(15)7-9-13)10-11-4-2-1-3-5-11/h1-8,15H,9-10,14H2. The molecule has 15 heavy (non-hydrogen) atoms. The molecule has 0 aliphatic heterocycles. The van der Waals surface area contributed by atoms with Gasteiger partial charge in [0.05, 0.1) is 0 Å². The summed E-state index contributed by atoms with van der Waals surface area (Å²) in [6, 6.07) is 10.2. The molecule has 0 fully saturated rings. The Morgan fingerprint density at radius 2 is 2.00 bits per heavy atom. The van der Waals surface area contributed by atoms with Crippen LogP contribution in [0.25, 0.3) is 0 Å². The van der Waals surface area contributed by atoms with Crippen LogP contribution >= 0.6 is 0 Å². The quantitative estimate of drug-likeness (QED) is 0.771. The first-order chi connectivity index (χ1) is 7.18. The molecule has 0 bridgehead atoms. The largest absolute Gasteiger partial charge is 0.508 e. The lowest BCUT2D eigenvalue weighted by atomic mass is 9.85. The third-order valence-electron chi connectivity index (χ3n) is 2.65. The van der Waals surface area contributed by atoms with Gasteiger partial charge in [0.25, 0.3) is 0 Å². The van der Waals surface area contributed by atoms with Crippen molar-refractivity contribution in [2.75, 3.05) is 0 Å². The second kappa shape index (κ2) is 3.91. The minimum Gasteiger partial charge on any atom is -0.508 e. The van der Waals surface area contributed by atoms with Gasteiger partial charge in [-0.15, -0.1) is 0 Å². The summed E-state index contributed by atoms with van der Waals surface area (Å²) < 4.78 is 0. The Balaban J connectivity index is 2.10. The van der Waals surface area contributed by atoms with E-state index in [-0.39, 0.29) is 5.54 Å². The van der Waals surface area contributed by atoms with E-state index < -0.39 is 0 Å². The molecule has 0 spiro atoms. The third-order valence-corrected chi connectivity index (χ3v) is 2.65. The number of benzene rings is 1. The summed E-state index contributed by atoms with van der Waals surface area (Å²) in [6.45, 7) is 0. The molecule has 1 atom stereocenters. The zero-order valence-electron chi connectivity index (χ0n) is 8.56. The molecule has 0 saturated heterocycles. The number of rotatable bonds is 2. The van der Waals surface area contributed by atoms with Gasteiger partial charge >= 0.3 is 0 Å². The molecule has 0 heterocycles. The monoisotopic (exact) mass is 201 g/mol. The van der Waals surface area contributed by atoms with Crippen LogP contribution in [0.2, 0.25) is 0 Å². The molecule has 0 aromatic heterocycles. The third kappa shape index (κ3) is 2.48. The molecular formula is C13H15NO. The van der Waals surface area contributed by atoms with Crippen molar-refractivity contribution in [1.29, 1.82) is 0 Å². The maximum Gasteiger partial charge on any atom is 0.111 e. The van der Waals surface area contributed by atoms with Crippen LogP contribution in [0.15, 0.2) is 54.3 Å². The Labute approximate surface area is 89.7 Å². The summed E-state index contributed by atoms with van der Waals surface area (Å²) in [5.41, 5.74) is 7.08. The van der Waals surface area contributed by atoms with Crippen LogP contribution in [0, 0.1) is 0 Å². The van der Waals surface area contributed by atoms with Gasteiger partial charge in [-0.2, -0.15) is 0 Å². The fourth-order valence-electron chi connectivity index (χ4n) is 1.79. The van der Waals surface area contributed by atoms with E-state index in [1.165, 1.54) is 5.56 Å². The average molecular weight is 201 g/mol. The molecule has 1 aliphatic rings. The van der Waals surface area contributed by atoms with Gasteiger partial charge in [-0.1, -0.05) is 36.4 Å². The highest BCUT2D eigenvalue weighted by Crippen LogP contribution is 2.21. The molecule has 2 rings (SSSR count). The maximum atomic E-state index is 9.23. The minimum atomic E-state index is -0.354. The van der Waals surface area contributed by atoms with Crippen LogP contribution in [-0.2, 0) is 6.42 Å². The van der Waals surface area contributed by atoms with Crippen LogP contribution in [-0.4, -0.2) is 10.6 Å². The molecule has 0 radical (unpaired) electrons. The van der Waals surface area contributed by atoms with Crippen molar-refractivity contribution in [1.82, 2.24) is 0 Å². The van der Waals surface area contributed by atoms with Crippen LogP contribution in [0.5, 0.6) is 0 Å². The molecule has 1 aromatic carbocycles. The predicted molar refractivity (Wildman–Crippen MR) is 61.5 cm³/mol. The van der Waals surface area contributed by atoms with Crippen LogP contribution in [0.3, 0.4) is 0 Å². The van der Waals surface area contributed by atoms with Gasteiger partial charge in [-0.25, -0.2) is 0 Å². The van der Waals surface area contributed by atoms with E-state index in [0.717, 1.165) is 6.42 Å². The van der Waals surface area contributed by atoms with Gasteiger partial charge in [-0.3, -0.25) is 0 Å². The Kier molecular flexibility index (Phi) is 2.60. The first-order valence-electron chi connectivity index (χ1n) is 5.09. The van der Waals surface area contributed by atoms with Gasteiger partial charge in [-0.05, 0) is 30.6 Å². The smallest absolute Gasteiger partial charge is 0.111 e. The summed E-state index contributed by atoms with van der Waals surface area (Å²) in [6.07, 6.45) is 6.81. The second-order valence-electron chi connectivity index (χ2n) is 4.06. The van der Waals surface area contributed by atoms with Crippen molar-refractivity contribution in [3.8, 4) is 0 Å². The molecule has 1 aliphatic carbocycles. The van der Waals surface area contributed by atoms with E-state index in [1.807, 2.05) is 24.3 Å².